The second kappa shape index (κ2) is 4.05. The first-order valence-electron chi connectivity index (χ1n) is 4.90. The second-order valence-corrected chi connectivity index (χ2v) is 4.92. The van der Waals surface area contributed by atoms with Crippen LogP contribution in [0, 0.1) is 5.82 Å². The Hall–Kier alpha value is -1.52. The lowest BCUT2D eigenvalue weighted by Crippen LogP contribution is -1.77. The van der Waals surface area contributed by atoms with E-state index in [1.54, 1.807) is 24.4 Å². The summed E-state index contributed by atoms with van der Waals surface area (Å²) in [5.41, 5.74) is 1.71. The second-order valence-electron chi connectivity index (χ2n) is 3.50. The van der Waals surface area contributed by atoms with Crippen molar-refractivity contribution in [2.24, 2.45) is 0 Å². The predicted molar refractivity (Wildman–Crippen MR) is 67.8 cm³/mol. The lowest BCUT2D eigenvalue weighted by Gasteiger charge is -1.94. The molecular formula is C12H6ClFN2S. The molecule has 3 aromatic rings. The first-order chi connectivity index (χ1) is 8.22. The van der Waals surface area contributed by atoms with Crippen molar-refractivity contribution in [3.05, 3.63) is 47.5 Å². The highest BCUT2D eigenvalue weighted by Crippen LogP contribution is 2.30. The smallest absolute Gasteiger partial charge is 0.131 e. The molecule has 17 heavy (non-hydrogen) atoms. The normalized spacial score (nSPS) is 10.9. The van der Waals surface area contributed by atoms with Gasteiger partial charge in [-0.3, -0.25) is 0 Å². The molecule has 0 saturated heterocycles. The van der Waals surface area contributed by atoms with Crippen LogP contribution in [-0.2, 0) is 0 Å². The highest BCUT2D eigenvalue weighted by molar-refractivity contribution is 7.21. The molecule has 0 aliphatic heterocycles. The molecule has 0 unspecified atom stereocenters. The van der Waals surface area contributed by atoms with Crippen LogP contribution in [0.3, 0.4) is 0 Å². The van der Waals surface area contributed by atoms with Crippen molar-refractivity contribution in [3.63, 3.8) is 0 Å². The molecule has 2 heterocycles. The van der Waals surface area contributed by atoms with Crippen molar-refractivity contribution in [1.29, 1.82) is 0 Å². The van der Waals surface area contributed by atoms with Crippen LogP contribution < -0.4 is 0 Å². The van der Waals surface area contributed by atoms with Gasteiger partial charge in [0.05, 0.1) is 10.2 Å². The summed E-state index contributed by atoms with van der Waals surface area (Å²) in [6, 6.07) is 7.99. The number of nitrogens with zero attached hydrogens (tertiary/aromatic N) is 2. The van der Waals surface area contributed by atoms with Crippen molar-refractivity contribution in [2.45, 2.75) is 0 Å². The molecule has 0 atom stereocenters. The number of aromatic nitrogens is 2. The van der Waals surface area contributed by atoms with Crippen LogP contribution in [0.1, 0.15) is 0 Å². The maximum Gasteiger partial charge on any atom is 0.131 e. The molecule has 2 nitrogen and oxygen atoms in total. The molecule has 0 aliphatic carbocycles. The SMILES string of the molecule is Fc1ccc(-c2nc3cc(Cl)ncc3s2)cc1. The fourth-order valence-corrected chi connectivity index (χ4v) is 2.60. The van der Waals surface area contributed by atoms with Gasteiger partial charge in [-0.15, -0.1) is 11.3 Å². The lowest BCUT2D eigenvalue weighted by molar-refractivity contribution is 0.628. The Labute approximate surface area is 106 Å². The van der Waals surface area contributed by atoms with E-state index < -0.39 is 0 Å². The largest absolute Gasteiger partial charge is 0.243 e. The molecule has 3 rings (SSSR count). The monoisotopic (exact) mass is 264 g/mol. The van der Waals surface area contributed by atoms with Gasteiger partial charge in [-0.2, -0.15) is 0 Å². The van der Waals surface area contributed by atoms with Gasteiger partial charge >= 0.3 is 0 Å². The first-order valence-corrected chi connectivity index (χ1v) is 6.10. The van der Waals surface area contributed by atoms with Gasteiger partial charge in [-0.05, 0) is 24.3 Å². The van der Waals surface area contributed by atoms with Crippen LogP contribution in [-0.4, -0.2) is 9.97 Å². The third-order valence-electron chi connectivity index (χ3n) is 2.33. The first kappa shape index (κ1) is 10.6. The van der Waals surface area contributed by atoms with Gasteiger partial charge < -0.3 is 0 Å². The van der Waals surface area contributed by atoms with E-state index in [1.165, 1.54) is 23.5 Å². The molecule has 0 spiro atoms. The molecular weight excluding hydrogens is 259 g/mol. The number of rotatable bonds is 1. The predicted octanol–water partition coefficient (Wildman–Crippen LogP) is 4.15. The van der Waals surface area contributed by atoms with Gasteiger partial charge in [0.25, 0.3) is 0 Å². The zero-order chi connectivity index (χ0) is 11.8. The summed E-state index contributed by atoms with van der Waals surface area (Å²) >= 11 is 7.31. The molecule has 0 bridgehead atoms. The number of benzene rings is 1. The molecule has 0 aliphatic rings. The molecule has 0 N–H and O–H groups in total. The number of hydrogen-bond acceptors (Lipinski definition) is 3. The van der Waals surface area contributed by atoms with Crippen LogP contribution in [0.15, 0.2) is 36.5 Å². The highest BCUT2D eigenvalue weighted by Gasteiger charge is 2.07. The zero-order valence-electron chi connectivity index (χ0n) is 8.52. The molecule has 84 valence electrons. The topological polar surface area (TPSA) is 25.8 Å². The van der Waals surface area contributed by atoms with E-state index in [4.69, 9.17) is 11.6 Å². The van der Waals surface area contributed by atoms with Gasteiger partial charge in [0.2, 0.25) is 0 Å². The maximum absolute atomic E-state index is 12.8. The Morgan fingerprint density at radius 3 is 2.71 bits per heavy atom. The fraction of sp³-hybridized carbons (Fsp3) is 0. The summed E-state index contributed by atoms with van der Waals surface area (Å²) in [4.78, 5) is 8.45. The average Bonchev–Trinajstić information content (AvgIpc) is 2.72. The van der Waals surface area contributed by atoms with Crippen LogP contribution in [0.5, 0.6) is 0 Å². The quantitative estimate of drug-likeness (QED) is 0.617. The minimum absolute atomic E-state index is 0.250. The summed E-state index contributed by atoms with van der Waals surface area (Å²) in [7, 11) is 0. The molecule has 0 amide bonds. The van der Waals surface area contributed by atoms with E-state index in [9.17, 15) is 4.39 Å². The van der Waals surface area contributed by atoms with E-state index in [1.807, 2.05) is 0 Å². The number of hydrogen-bond donors (Lipinski definition) is 0. The van der Waals surface area contributed by atoms with Crippen molar-refractivity contribution in [1.82, 2.24) is 9.97 Å². The van der Waals surface area contributed by atoms with Crippen molar-refractivity contribution < 1.29 is 4.39 Å². The van der Waals surface area contributed by atoms with Gasteiger partial charge in [-0.1, -0.05) is 11.6 Å². The van der Waals surface area contributed by atoms with Crippen LogP contribution in [0.4, 0.5) is 4.39 Å². The number of fused-ring (bicyclic) bond motifs is 1. The lowest BCUT2D eigenvalue weighted by atomic mass is 10.2. The van der Waals surface area contributed by atoms with Crippen LogP contribution >= 0.6 is 22.9 Å². The van der Waals surface area contributed by atoms with E-state index in [0.29, 0.717) is 5.15 Å². The molecule has 5 heteroatoms. The Kier molecular flexibility index (Phi) is 2.53. The van der Waals surface area contributed by atoms with Crippen LogP contribution in [0.2, 0.25) is 5.15 Å². The van der Waals surface area contributed by atoms with Crippen LogP contribution in [0.25, 0.3) is 20.8 Å². The molecule has 2 aromatic heterocycles. The zero-order valence-corrected chi connectivity index (χ0v) is 10.1. The van der Waals surface area contributed by atoms with Gasteiger partial charge in [0.15, 0.2) is 0 Å². The number of halogens is 2. The van der Waals surface area contributed by atoms with Crippen molar-refractivity contribution >= 4 is 33.2 Å². The summed E-state index contributed by atoms with van der Waals surface area (Å²) in [6.07, 6.45) is 1.70. The number of pyridine rings is 1. The maximum atomic E-state index is 12.8. The average molecular weight is 265 g/mol. The van der Waals surface area contributed by atoms with Gasteiger partial charge in [0, 0.05) is 17.8 Å². The summed E-state index contributed by atoms with van der Waals surface area (Å²) < 4.78 is 13.8. The fourth-order valence-electron chi connectivity index (χ4n) is 1.53. The highest BCUT2D eigenvalue weighted by atomic mass is 35.5. The third kappa shape index (κ3) is 2.01. The standard InChI is InChI=1S/C12H6ClFN2S/c13-11-5-9-10(6-15-11)17-12(16-9)7-1-3-8(14)4-2-7/h1-6H. The Bertz CT molecular complexity index is 679. The van der Waals surface area contributed by atoms with E-state index in [2.05, 4.69) is 9.97 Å². The summed E-state index contributed by atoms with van der Waals surface area (Å²) in [5, 5.41) is 1.26. The van der Waals surface area contributed by atoms with Crippen molar-refractivity contribution in [2.75, 3.05) is 0 Å². The molecule has 0 saturated carbocycles. The van der Waals surface area contributed by atoms with Gasteiger partial charge in [0.1, 0.15) is 16.0 Å². The molecule has 0 radical (unpaired) electrons. The van der Waals surface area contributed by atoms with E-state index in [-0.39, 0.29) is 5.82 Å². The summed E-state index contributed by atoms with van der Waals surface area (Å²) in [6.45, 7) is 0. The Balaban J connectivity index is 2.14. The third-order valence-corrected chi connectivity index (χ3v) is 3.59. The molecule has 0 fully saturated rings. The van der Waals surface area contributed by atoms with E-state index >= 15 is 0 Å². The Morgan fingerprint density at radius 2 is 1.94 bits per heavy atom. The van der Waals surface area contributed by atoms with E-state index in [0.717, 1.165) is 20.8 Å². The summed E-state index contributed by atoms with van der Waals surface area (Å²) in [5.74, 6) is -0.250. The molecule has 1 aromatic carbocycles. The van der Waals surface area contributed by atoms with Gasteiger partial charge in [-0.25, -0.2) is 14.4 Å². The van der Waals surface area contributed by atoms with Crippen molar-refractivity contribution in [3.8, 4) is 10.6 Å². The number of thiazole rings is 1. The Morgan fingerprint density at radius 1 is 1.18 bits per heavy atom. The minimum Gasteiger partial charge on any atom is -0.243 e. The minimum atomic E-state index is -0.250.